The van der Waals surface area contributed by atoms with Gasteiger partial charge in [-0.05, 0) is 80.7 Å². The van der Waals surface area contributed by atoms with Gasteiger partial charge in [0, 0.05) is 11.6 Å². The van der Waals surface area contributed by atoms with Crippen molar-refractivity contribution >= 4 is 10.9 Å². The van der Waals surface area contributed by atoms with Gasteiger partial charge in [0.15, 0.2) is 5.82 Å². The van der Waals surface area contributed by atoms with Crippen molar-refractivity contribution in [3.05, 3.63) is 46.0 Å². The summed E-state index contributed by atoms with van der Waals surface area (Å²) < 4.78 is 7.12. The van der Waals surface area contributed by atoms with Crippen LogP contribution in [-0.2, 0) is 5.54 Å². The lowest BCUT2D eigenvalue weighted by Crippen LogP contribution is -2.40. The third-order valence-corrected chi connectivity index (χ3v) is 5.51. The molecule has 8 heteroatoms. The molecular weight excluding hydrogens is 368 g/mol. The van der Waals surface area contributed by atoms with Gasteiger partial charge in [-0.25, -0.2) is 4.68 Å². The van der Waals surface area contributed by atoms with Crippen molar-refractivity contribution in [1.82, 2.24) is 30.1 Å². The molecular formula is C21H28N6O2. The average Bonchev–Trinajstić information content (AvgIpc) is 3.19. The van der Waals surface area contributed by atoms with Gasteiger partial charge in [0.05, 0.1) is 18.2 Å². The summed E-state index contributed by atoms with van der Waals surface area (Å²) in [6.07, 6.45) is 3.42. The molecule has 1 N–H and O–H groups in total. The fourth-order valence-electron chi connectivity index (χ4n) is 4.05. The van der Waals surface area contributed by atoms with Crippen LogP contribution in [0.4, 0.5) is 0 Å². The molecule has 0 unspecified atom stereocenters. The van der Waals surface area contributed by atoms with E-state index in [2.05, 4.69) is 46.2 Å². The first-order valence-corrected chi connectivity index (χ1v) is 10.1. The second-order valence-electron chi connectivity index (χ2n) is 8.63. The first-order valence-electron chi connectivity index (χ1n) is 10.1. The van der Waals surface area contributed by atoms with Crippen molar-refractivity contribution in [2.75, 3.05) is 20.2 Å². The van der Waals surface area contributed by atoms with E-state index < -0.39 is 0 Å². The molecule has 1 fully saturated rings. The highest BCUT2D eigenvalue weighted by atomic mass is 16.5. The van der Waals surface area contributed by atoms with E-state index in [0.29, 0.717) is 17.1 Å². The van der Waals surface area contributed by atoms with Crippen LogP contribution < -0.4 is 10.3 Å². The second-order valence-corrected chi connectivity index (χ2v) is 8.63. The van der Waals surface area contributed by atoms with Gasteiger partial charge in [0.2, 0.25) is 0 Å². The maximum Gasteiger partial charge on any atom is 0.253 e. The summed E-state index contributed by atoms with van der Waals surface area (Å²) in [6, 6.07) is 7.39. The molecule has 2 aromatic heterocycles. The predicted molar refractivity (Wildman–Crippen MR) is 111 cm³/mol. The Labute approximate surface area is 169 Å². The lowest BCUT2D eigenvalue weighted by atomic mass is 9.99. The zero-order valence-corrected chi connectivity index (χ0v) is 17.5. The Kier molecular flexibility index (Phi) is 5.12. The lowest BCUT2D eigenvalue weighted by Gasteiger charge is -2.35. The molecule has 29 heavy (non-hydrogen) atoms. The number of hydrogen-bond acceptors (Lipinski definition) is 6. The van der Waals surface area contributed by atoms with Gasteiger partial charge in [-0.1, -0.05) is 6.42 Å². The van der Waals surface area contributed by atoms with Crippen LogP contribution in [0.15, 0.2) is 29.1 Å². The number of benzene rings is 1. The number of nitrogens with zero attached hydrogens (tertiary/aromatic N) is 5. The summed E-state index contributed by atoms with van der Waals surface area (Å²) in [5, 5.41) is 13.5. The van der Waals surface area contributed by atoms with Gasteiger partial charge in [0.1, 0.15) is 11.8 Å². The van der Waals surface area contributed by atoms with Crippen molar-refractivity contribution in [3.63, 3.8) is 0 Å². The SMILES string of the molecule is COc1ccc2cc([C@@H](c3nnnn3C(C)(C)C)N3CCCCC3)c(=O)[nH]c2c1. The third kappa shape index (κ3) is 3.76. The number of hydrogen-bond donors (Lipinski definition) is 1. The number of fused-ring (bicyclic) bond motifs is 1. The standard InChI is InChI=1S/C21H28N6O2/c1-21(2,3)27-19(23-24-25-27)18(26-10-6-5-7-11-26)16-12-14-8-9-15(29-4)13-17(14)22-20(16)28/h8-9,12-13,18H,5-7,10-11H2,1-4H3,(H,22,28)/t18-/m0/s1. The fourth-order valence-corrected chi connectivity index (χ4v) is 4.05. The number of aromatic amines is 1. The van der Waals surface area contributed by atoms with Gasteiger partial charge < -0.3 is 9.72 Å². The minimum absolute atomic E-state index is 0.121. The van der Waals surface area contributed by atoms with E-state index in [4.69, 9.17) is 4.74 Å². The first-order chi connectivity index (χ1) is 13.9. The number of aromatic nitrogens is 5. The number of pyridine rings is 1. The summed E-state index contributed by atoms with van der Waals surface area (Å²) in [4.78, 5) is 18.5. The van der Waals surface area contributed by atoms with Gasteiger partial charge in [-0.2, -0.15) is 0 Å². The highest BCUT2D eigenvalue weighted by Crippen LogP contribution is 2.31. The molecule has 1 atom stereocenters. The molecule has 1 aliphatic heterocycles. The zero-order chi connectivity index (χ0) is 20.6. The van der Waals surface area contributed by atoms with Crippen LogP contribution >= 0.6 is 0 Å². The quantitative estimate of drug-likeness (QED) is 0.729. The average molecular weight is 396 g/mol. The minimum atomic E-state index is -0.292. The number of nitrogens with one attached hydrogen (secondary N) is 1. The van der Waals surface area contributed by atoms with Gasteiger partial charge in [-0.15, -0.1) is 5.10 Å². The van der Waals surface area contributed by atoms with Crippen LogP contribution in [0.25, 0.3) is 10.9 Å². The fraction of sp³-hybridized carbons (Fsp3) is 0.524. The Morgan fingerprint density at radius 3 is 2.59 bits per heavy atom. The summed E-state index contributed by atoms with van der Waals surface area (Å²) in [5.74, 6) is 1.42. The van der Waals surface area contributed by atoms with Crippen molar-refractivity contribution in [2.24, 2.45) is 0 Å². The van der Waals surface area contributed by atoms with E-state index >= 15 is 0 Å². The number of likely N-dealkylation sites (tertiary alicyclic amines) is 1. The van der Waals surface area contributed by atoms with E-state index in [1.165, 1.54) is 6.42 Å². The molecule has 1 aliphatic rings. The molecule has 1 saturated heterocycles. The summed E-state index contributed by atoms with van der Waals surface area (Å²) in [5.41, 5.74) is 1.02. The third-order valence-electron chi connectivity index (χ3n) is 5.51. The molecule has 4 rings (SSSR count). The van der Waals surface area contributed by atoms with Crippen LogP contribution in [0.2, 0.25) is 0 Å². The molecule has 8 nitrogen and oxygen atoms in total. The molecule has 0 amide bonds. The van der Waals surface area contributed by atoms with Crippen molar-refractivity contribution < 1.29 is 4.74 Å². The predicted octanol–water partition coefficient (Wildman–Crippen LogP) is 2.85. The zero-order valence-electron chi connectivity index (χ0n) is 17.5. The second kappa shape index (κ2) is 7.59. The number of tetrazole rings is 1. The largest absolute Gasteiger partial charge is 0.497 e. The maximum absolute atomic E-state index is 13.2. The van der Waals surface area contributed by atoms with Crippen LogP contribution in [0.1, 0.15) is 57.5 Å². The van der Waals surface area contributed by atoms with E-state index in [-0.39, 0.29) is 17.1 Å². The normalized spacial score (nSPS) is 16.8. The maximum atomic E-state index is 13.2. The molecule has 0 spiro atoms. The molecule has 1 aromatic carbocycles. The number of rotatable bonds is 4. The van der Waals surface area contributed by atoms with Crippen molar-refractivity contribution in [2.45, 2.75) is 51.6 Å². The lowest BCUT2D eigenvalue weighted by molar-refractivity contribution is 0.170. The topological polar surface area (TPSA) is 88.9 Å². The molecule has 3 aromatic rings. The number of methoxy groups -OCH3 is 1. The molecule has 0 saturated carbocycles. The van der Waals surface area contributed by atoms with Crippen molar-refractivity contribution in [3.8, 4) is 5.75 Å². The molecule has 3 heterocycles. The Morgan fingerprint density at radius 1 is 1.14 bits per heavy atom. The number of H-pyrrole nitrogens is 1. The van der Waals surface area contributed by atoms with Crippen molar-refractivity contribution in [1.29, 1.82) is 0 Å². The van der Waals surface area contributed by atoms with Crippen LogP contribution in [0.5, 0.6) is 5.75 Å². The smallest absolute Gasteiger partial charge is 0.253 e. The van der Waals surface area contributed by atoms with E-state index in [1.54, 1.807) is 7.11 Å². The number of piperidine rings is 1. The van der Waals surface area contributed by atoms with E-state index in [9.17, 15) is 4.79 Å². The van der Waals surface area contributed by atoms with Crippen LogP contribution in [0.3, 0.4) is 0 Å². The summed E-state index contributed by atoms with van der Waals surface area (Å²) >= 11 is 0. The molecule has 154 valence electrons. The Bertz CT molecular complexity index is 1060. The highest BCUT2D eigenvalue weighted by Gasteiger charge is 2.33. The Morgan fingerprint density at radius 2 is 1.90 bits per heavy atom. The van der Waals surface area contributed by atoms with Gasteiger partial charge in [-0.3, -0.25) is 9.69 Å². The molecule has 0 aliphatic carbocycles. The Hall–Kier alpha value is -2.74. The molecule has 0 bridgehead atoms. The van der Waals surface area contributed by atoms with Gasteiger partial charge >= 0.3 is 0 Å². The Balaban J connectivity index is 1.89. The number of ether oxygens (including phenoxy) is 1. The van der Waals surface area contributed by atoms with Gasteiger partial charge in [0.25, 0.3) is 5.56 Å². The minimum Gasteiger partial charge on any atom is -0.497 e. The van der Waals surface area contributed by atoms with E-state index in [0.717, 1.165) is 36.8 Å². The van der Waals surface area contributed by atoms with Crippen LogP contribution in [-0.4, -0.2) is 50.3 Å². The highest BCUT2D eigenvalue weighted by molar-refractivity contribution is 5.80. The summed E-state index contributed by atoms with van der Waals surface area (Å²) in [6.45, 7) is 8.04. The monoisotopic (exact) mass is 396 g/mol. The summed E-state index contributed by atoms with van der Waals surface area (Å²) in [7, 11) is 1.62. The first kappa shape index (κ1) is 19.6. The molecule has 0 radical (unpaired) electrons. The van der Waals surface area contributed by atoms with Crippen LogP contribution in [0, 0.1) is 0 Å². The van der Waals surface area contributed by atoms with E-state index in [1.807, 2.05) is 28.9 Å².